The van der Waals surface area contributed by atoms with Crippen LogP contribution in [0.4, 0.5) is 5.82 Å². The minimum absolute atomic E-state index is 0.0606. The summed E-state index contributed by atoms with van der Waals surface area (Å²) in [5, 5.41) is 3.28. The lowest BCUT2D eigenvalue weighted by atomic mass is 10.2. The number of anilines is 1. The van der Waals surface area contributed by atoms with Gasteiger partial charge in [0.25, 0.3) is 11.5 Å². The highest BCUT2D eigenvalue weighted by atomic mass is 32.2. The van der Waals surface area contributed by atoms with Gasteiger partial charge in [0.05, 0.1) is 17.6 Å². The van der Waals surface area contributed by atoms with Crippen molar-refractivity contribution in [2.75, 3.05) is 12.4 Å². The van der Waals surface area contributed by atoms with Gasteiger partial charge in [0.2, 0.25) is 0 Å². The molecule has 1 fully saturated rings. The predicted molar refractivity (Wildman–Crippen MR) is 137 cm³/mol. The first-order chi connectivity index (χ1) is 15.8. The SMILES string of the molecule is COc1ccc(CNc2nc3c(C)cccn3c(=O)c2/C=C2\SC(=S)N(C(C)C)C2=O)cc1. The van der Waals surface area contributed by atoms with Crippen molar-refractivity contribution in [1.29, 1.82) is 0 Å². The Balaban J connectivity index is 1.78. The van der Waals surface area contributed by atoms with Gasteiger partial charge in [0.1, 0.15) is 21.5 Å². The minimum atomic E-state index is -0.254. The lowest BCUT2D eigenvalue weighted by Crippen LogP contribution is -2.34. The van der Waals surface area contributed by atoms with Crippen molar-refractivity contribution in [2.45, 2.75) is 33.4 Å². The number of nitrogens with one attached hydrogen (secondary N) is 1. The monoisotopic (exact) mass is 480 g/mol. The number of carbonyl (C=O) groups excluding carboxylic acids is 1. The number of pyridine rings is 1. The number of carbonyl (C=O) groups is 1. The molecule has 1 amide bonds. The average Bonchev–Trinajstić information content (AvgIpc) is 3.08. The quantitative estimate of drug-likeness (QED) is 0.418. The van der Waals surface area contributed by atoms with Crippen molar-refractivity contribution < 1.29 is 9.53 Å². The molecule has 1 saturated heterocycles. The molecule has 1 aromatic carbocycles. The molecule has 0 atom stereocenters. The highest BCUT2D eigenvalue weighted by Crippen LogP contribution is 2.34. The largest absolute Gasteiger partial charge is 0.497 e. The molecular formula is C24H24N4O3S2. The van der Waals surface area contributed by atoms with Crippen LogP contribution in [0.3, 0.4) is 0 Å². The van der Waals surface area contributed by atoms with E-state index >= 15 is 0 Å². The first-order valence-electron chi connectivity index (χ1n) is 10.5. The van der Waals surface area contributed by atoms with E-state index < -0.39 is 0 Å². The summed E-state index contributed by atoms with van der Waals surface area (Å²) in [4.78, 5) is 33.1. The number of benzene rings is 1. The minimum Gasteiger partial charge on any atom is -0.497 e. The molecule has 0 unspecified atom stereocenters. The van der Waals surface area contributed by atoms with E-state index in [4.69, 9.17) is 21.9 Å². The highest BCUT2D eigenvalue weighted by Gasteiger charge is 2.34. The maximum Gasteiger partial charge on any atom is 0.267 e. The van der Waals surface area contributed by atoms with Gasteiger partial charge < -0.3 is 10.1 Å². The Hall–Kier alpha value is -3.17. The van der Waals surface area contributed by atoms with Crippen molar-refractivity contribution in [2.24, 2.45) is 0 Å². The topological polar surface area (TPSA) is 75.9 Å². The summed E-state index contributed by atoms with van der Waals surface area (Å²) >= 11 is 6.59. The predicted octanol–water partition coefficient (Wildman–Crippen LogP) is 4.23. The zero-order valence-corrected chi connectivity index (χ0v) is 20.4. The van der Waals surface area contributed by atoms with Crippen LogP contribution in [0.1, 0.15) is 30.5 Å². The molecule has 7 nitrogen and oxygen atoms in total. The maximum absolute atomic E-state index is 13.4. The number of nitrogens with zero attached hydrogens (tertiary/aromatic N) is 3. The summed E-state index contributed by atoms with van der Waals surface area (Å²) in [6.07, 6.45) is 3.28. The van der Waals surface area contributed by atoms with Crippen LogP contribution >= 0.6 is 24.0 Å². The second kappa shape index (κ2) is 9.36. The number of hydrogen-bond donors (Lipinski definition) is 1. The van der Waals surface area contributed by atoms with Gasteiger partial charge in [0, 0.05) is 18.8 Å². The molecule has 1 aliphatic rings. The number of thiocarbonyl (C=S) groups is 1. The van der Waals surface area contributed by atoms with E-state index in [0.29, 0.717) is 32.8 Å². The third-order valence-electron chi connectivity index (χ3n) is 5.32. The van der Waals surface area contributed by atoms with Crippen LogP contribution in [0, 0.1) is 6.92 Å². The van der Waals surface area contributed by atoms with Gasteiger partial charge in [-0.25, -0.2) is 4.98 Å². The summed E-state index contributed by atoms with van der Waals surface area (Å²) < 4.78 is 7.20. The molecule has 0 spiro atoms. The molecule has 0 radical (unpaired) electrons. The second-order valence-corrected chi connectivity index (χ2v) is 9.59. The Bertz CT molecular complexity index is 1330. The molecule has 3 aromatic rings. The Morgan fingerprint density at radius 1 is 1.21 bits per heavy atom. The number of amides is 1. The average molecular weight is 481 g/mol. The van der Waals surface area contributed by atoms with Crippen molar-refractivity contribution in [3.63, 3.8) is 0 Å². The van der Waals surface area contributed by atoms with Crippen molar-refractivity contribution in [1.82, 2.24) is 14.3 Å². The molecule has 0 aliphatic carbocycles. The smallest absolute Gasteiger partial charge is 0.267 e. The summed E-state index contributed by atoms with van der Waals surface area (Å²) in [5.41, 5.74) is 2.50. The van der Waals surface area contributed by atoms with Gasteiger partial charge in [-0.3, -0.25) is 18.9 Å². The highest BCUT2D eigenvalue weighted by molar-refractivity contribution is 8.26. The lowest BCUT2D eigenvalue weighted by molar-refractivity contribution is -0.123. The number of thioether (sulfide) groups is 1. The number of rotatable bonds is 6. The third kappa shape index (κ3) is 4.51. The van der Waals surface area contributed by atoms with E-state index in [0.717, 1.165) is 16.9 Å². The molecule has 33 heavy (non-hydrogen) atoms. The zero-order chi connectivity index (χ0) is 23.7. The molecule has 2 aromatic heterocycles. The van der Waals surface area contributed by atoms with Crippen LogP contribution in [0.25, 0.3) is 11.7 Å². The van der Waals surface area contributed by atoms with Crippen molar-refractivity contribution in [3.05, 3.63) is 74.5 Å². The third-order valence-corrected chi connectivity index (χ3v) is 6.65. The van der Waals surface area contributed by atoms with E-state index in [1.165, 1.54) is 16.2 Å². The van der Waals surface area contributed by atoms with Crippen molar-refractivity contribution in [3.8, 4) is 5.75 Å². The Kier molecular flexibility index (Phi) is 6.53. The van der Waals surface area contributed by atoms with Gasteiger partial charge >= 0.3 is 0 Å². The van der Waals surface area contributed by atoms with E-state index in [1.54, 1.807) is 30.3 Å². The summed E-state index contributed by atoms with van der Waals surface area (Å²) in [5.74, 6) is 0.985. The van der Waals surface area contributed by atoms with E-state index in [2.05, 4.69) is 5.32 Å². The molecule has 3 heterocycles. The van der Waals surface area contributed by atoms with Crippen molar-refractivity contribution >= 4 is 51.7 Å². The molecule has 0 saturated carbocycles. The Labute approximate surface area is 201 Å². The van der Waals surface area contributed by atoms with E-state index in [1.807, 2.05) is 51.1 Å². The first-order valence-corrected chi connectivity index (χ1v) is 11.7. The maximum atomic E-state index is 13.4. The van der Waals surface area contributed by atoms with Gasteiger partial charge in [-0.05, 0) is 56.2 Å². The van der Waals surface area contributed by atoms with E-state index in [-0.39, 0.29) is 17.5 Å². The first kappa shape index (κ1) is 23.0. The van der Waals surface area contributed by atoms with Crippen LogP contribution in [-0.2, 0) is 11.3 Å². The van der Waals surface area contributed by atoms with Gasteiger partial charge in [-0.2, -0.15) is 0 Å². The summed E-state index contributed by atoms with van der Waals surface area (Å²) in [6, 6.07) is 11.3. The standard InChI is InChI=1S/C24H24N4O3S2/c1-14(2)28-23(30)19(33-24(28)32)12-18-20(25-13-16-7-9-17(31-4)10-8-16)26-21-15(3)6-5-11-27(21)22(18)29/h5-12,14,25H,13H2,1-4H3/b19-12-. The number of ether oxygens (including phenoxy) is 1. The van der Waals surface area contributed by atoms with Crippen LogP contribution < -0.4 is 15.6 Å². The Morgan fingerprint density at radius 2 is 1.94 bits per heavy atom. The fourth-order valence-corrected chi connectivity index (χ4v) is 5.07. The number of methoxy groups -OCH3 is 1. The molecular weight excluding hydrogens is 456 g/mol. The molecule has 170 valence electrons. The molecule has 9 heteroatoms. The van der Waals surface area contributed by atoms with Gasteiger partial charge in [0.15, 0.2) is 0 Å². The number of fused-ring (bicyclic) bond motifs is 1. The molecule has 1 N–H and O–H groups in total. The zero-order valence-electron chi connectivity index (χ0n) is 18.8. The fraction of sp³-hybridized carbons (Fsp3) is 0.250. The van der Waals surface area contributed by atoms with Gasteiger partial charge in [-0.15, -0.1) is 0 Å². The van der Waals surface area contributed by atoms with Crippen LogP contribution in [0.15, 0.2) is 52.3 Å². The van der Waals surface area contributed by atoms with Crippen LogP contribution in [-0.4, -0.2) is 37.7 Å². The van der Waals surface area contributed by atoms with Crippen LogP contribution in [0.2, 0.25) is 0 Å². The summed E-state index contributed by atoms with van der Waals surface area (Å²) in [7, 11) is 1.62. The Morgan fingerprint density at radius 3 is 2.58 bits per heavy atom. The number of hydrogen-bond acceptors (Lipinski definition) is 7. The normalized spacial score (nSPS) is 15.2. The summed E-state index contributed by atoms with van der Waals surface area (Å²) in [6.45, 7) is 6.17. The molecule has 1 aliphatic heterocycles. The van der Waals surface area contributed by atoms with Gasteiger partial charge in [-0.1, -0.05) is 42.2 Å². The molecule has 0 bridgehead atoms. The number of aromatic nitrogens is 2. The fourth-order valence-electron chi connectivity index (χ4n) is 3.56. The van der Waals surface area contributed by atoms with E-state index in [9.17, 15) is 9.59 Å². The second-order valence-electron chi connectivity index (χ2n) is 7.91. The molecule has 4 rings (SSSR count). The number of aryl methyl sites for hydroxylation is 1. The van der Waals surface area contributed by atoms with Crippen LogP contribution in [0.5, 0.6) is 5.75 Å². The lowest BCUT2D eigenvalue weighted by Gasteiger charge is -2.18.